The lowest BCUT2D eigenvalue weighted by Gasteiger charge is -2.30. The monoisotopic (exact) mass is 313 g/mol. The summed E-state index contributed by atoms with van der Waals surface area (Å²) in [4.78, 5) is 25.3. The van der Waals surface area contributed by atoms with Crippen LogP contribution in [0.2, 0.25) is 0 Å². The average Bonchev–Trinajstić information content (AvgIpc) is 3.00. The van der Waals surface area contributed by atoms with Gasteiger partial charge in [0.05, 0.1) is 11.6 Å². The summed E-state index contributed by atoms with van der Waals surface area (Å²) in [6.45, 7) is 2.86. The first-order valence-corrected chi connectivity index (χ1v) is 7.69. The van der Waals surface area contributed by atoms with Crippen molar-refractivity contribution in [3.63, 3.8) is 0 Å². The van der Waals surface area contributed by atoms with E-state index in [0.29, 0.717) is 18.5 Å². The minimum Gasteiger partial charge on any atom is -0.481 e. The lowest BCUT2D eigenvalue weighted by atomic mass is 9.97. The molecule has 0 aliphatic carbocycles. The van der Waals surface area contributed by atoms with Crippen molar-refractivity contribution in [3.05, 3.63) is 47.8 Å². The van der Waals surface area contributed by atoms with Gasteiger partial charge in [-0.05, 0) is 50.1 Å². The maximum absolute atomic E-state index is 12.5. The molecule has 1 aromatic carbocycles. The highest BCUT2D eigenvalue weighted by Gasteiger charge is 2.28. The number of nitrogens with zero attached hydrogens (tertiary/aromatic N) is 3. The third kappa shape index (κ3) is 3.11. The Morgan fingerprint density at radius 1 is 1.22 bits per heavy atom. The standard InChI is InChI=1S/C17H19N3O3/c1-12-8-9-18-20(12)15-6-4-13(5-7-15)16(21)19-10-2-3-14(11-19)17(22)23/h4-9,14H,2-3,10-11H2,1H3,(H,22,23)/t14-/m0/s1. The first-order valence-electron chi connectivity index (χ1n) is 7.69. The van der Waals surface area contributed by atoms with E-state index in [1.807, 2.05) is 25.1 Å². The van der Waals surface area contributed by atoms with E-state index in [0.717, 1.165) is 17.8 Å². The molecule has 6 nitrogen and oxygen atoms in total. The van der Waals surface area contributed by atoms with Gasteiger partial charge in [-0.15, -0.1) is 0 Å². The zero-order valence-electron chi connectivity index (χ0n) is 13.0. The van der Waals surface area contributed by atoms with Crippen LogP contribution in [-0.2, 0) is 4.79 Å². The van der Waals surface area contributed by atoms with Gasteiger partial charge in [-0.2, -0.15) is 5.10 Å². The fourth-order valence-electron chi connectivity index (χ4n) is 2.93. The van der Waals surface area contributed by atoms with Gasteiger partial charge in [0, 0.05) is 30.5 Å². The van der Waals surface area contributed by atoms with Crippen molar-refractivity contribution in [2.75, 3.05) is 13.1 Å². The maximum Gasteiger partial charge on any atom is 0.308 e. The fourth-order valence-corrected chi connectivity index (χ4v) is 2.93. The third-order valence-electron chi connectivity index (χ3n) is 4.25. The van der Waals surface area contributed by atoms with Crippen molar-refractivity contribution < 1.29 is 14.7 Å². The topological polar surface area (TPSA) is 75.4 Å². The molecule has 0 unspecified atom stereocenters. The number of carbonyl (C=O) groups excluding carboxylic acids is 1. The molecule has 1 atom stereocenters. The summed E-state index contributed by atoms with van der Waals surface area (Å²) in [5.41, 5.74) is 2.49. The van der Waals surface area contributed by atoms with Crippen molar-refractivity contribution in [1.29, 1.82) is 0 Å². The van der Waals surface area contributed by atoms with Crippen LogP contribution in [0.3, 0.4) is 0 Å². The molecule has 1 aliphatic rings. The fraction of sp³-hybridized carbons (Fsp3) is 0.353. The number of benzene rings is 1. The van der Waals surface area contributed by atoms with E-state index in [1.54, 1.807) is 27.9 Å². The van der Waals surface area contributed by atoms with Crippen LogP contribution in [0, 0.1) is 12.8 Å². The summed E-state index contributed by atoms with van der Waals surface area (Å²) in [5, 5.41) is 13.4. The number of likely N-dealkylation sites (tertiary alicyclic amines) is 1. The Bertz CT molecular complexity index is 721. The van der Waals surface area contributed by atoms with E-state index < -0.39 is 11.9 Å². The van der Waals surface area contributed by atoms with Crippen molar-refractivity contribution in [1.82, 2.24) is 14.7 Å². The van der Waals surface area contributed by atoms with E-state index in [-0.39, 0.29) is 12.5 Å². The van der Waals surface area contributed by atoms with Gasteiger partial charge in [-0.3, -0.25) is 9.59 Å². The van der Waals surface area contributed by atoms with Crippen molar-refractivity contribution >= 4 is 11.9 Å². The summed E-state index contributed by atoms with van der Waals surface area (Å²) in [6, 6.07) is 9.16. The van der Waals surface area contributed by atoms with Crippen LogP contribution in [0.5, 0.6) is 0 Å². The summed E-state index contributed by atoms with van der Waals surface area (Å²) in [6.07, 6.45) is 3.10. The summed E-state index contributed by atoms with van der Waals surface area (Å²) >= 11 is 0. The highest BCUT2D eigenvalue weighted by Crippen LogP contribution is 2.19. The van der Waals surface area contributed by atoms with Gasteiger partial charge in [-0.25, -0.2) is 4.68 Å². The number of hydrogen-bond donors (Lipinski definition) is 1. The summed E-state index contributed by atoms with van der Waals surface area (Å²) in [7, 11) is 0. The van der Waals surface area contributed by atoms with Crippen molar-refractivity contribution in [2.24, 2.45) is 5.92 Å². The smallest absolute Gasteiger partial charge is 0.308 e. The summed E-state index contributed by atoms with van der Waals surface area (Å²) < 4.78 is 1.80. The minimum atomic E-state index is -0.827. The largest absolute Gasteiger partial charge is 0.481 e. The second kappa shape index (κ2) is 6.24. The van der Waals surface area contributed by atoms with Gasteiger partial charge in [0.15, 0.2) is 0 Å². The highest BCUT2D eigenvalue weighted by molar-refractivity contribution is 5.94. The molecule has 1 N–H and O–H groups in total. The predicted octanol–water partition coefficient (Wildman–Crippen LogP) is 2.12. The lowest BCUT2D eigenvalue weighted by Crippen LogP contribution is -2.42. The molecule has 120 valence electrons. The van der Waals surface area contributed by atoms with Gasteiger partial charge in [0.1, 0.15) is 0 Å². The average molecular weight is 313 g/mol. The number of aromatic nitrogens is 2. The molecule has 3 rings (SSSR count). The maximum atomic E-state index is 12.5. The molecule has 0 radical (unpaired) electrons. The van der Waals surface area contributed by atoms with Crippen molar-refractivity contribution in [3.8, 4) is 5.69 Å². The van der Waals surface area contributed by atoms with Crippen molar-refractivity contribution in [2.45, 2.75) is 19.8 Å². The number of aryl methyl sites for hydroxylation is 1. The molecular formula is C17H19N3O3. The van der Waals surface area contributed by atoms with Gasteiger partial charge in [0.2, 0.25) is 0 Å². The number of rotatable bonds is 3. The van der Waals surface area contributed by atoms with Crippen LogP contribution < -0.4 is 0 Å². The van der Waals surface area contributed by atoms with E-state index in [9.17, 15) is 9.59 Å². The molecule has 2 aromatic rings. The normalized spacial score (nSPS) is 18.0. The Morgan fingerprint density at radius 2 is 1.96 bits per heavy atom. The number of carboxylic acids is 1. The van der Waals surface area contributed by atoms with Crippen LogP contribution in [0.1, 0.15) is 28.9 Å². The number of aliphatic carboxylic acids is 1. The van der Waals surface area contributed by atoms with Crippen LogP contribution in [0.4, 0.5) is 0 Å². The Balaban J connectivity index is 1.75. The molecular weight excluding hydrogens is 294 g/mol. The second-order valence-corrected chi connectivity index (χ2v) is 5.86. The first kappa shape index (κ1) is 15.3. The lowest BCUT2D eigenvalue weighted by molar-refractivity contribution is -0.143. The van der Waals surface area contributed by atoms with Gasteiger partial charge in [0.25, 0.3) is 5.91 Å². The number of carboxylic acid groups (broad SMARTS) is 1. The molecule has 23 heavy (non-hydrogen) atoms. The van der Waals surface area contributed by atoms with Gasteiger partial charge >= 0.3 is 5.97 Å². The molecule has 1 saturated heterocycles. The molecule has 1 aromatic heterocycles. The van der Waals surface area contributed by atoms with E-state index >= 15 is 0 Å². The second-order valence-electron chi connectivity index (χ2n) is 5.86. The molecule has 1 fully saturated rings. The number of amides is 1. The Labute approximate surface area is 134 Å². The number of carbonyl (C=O) groups is 2. The first-order chi connectivity index (χ1) is 11.1. The van der Waals surface area contributed by atoms with Crippen LogP contribution in [0.25, 0.3) is 5.69 Å². The molecule has 2 heterocycles. The Kier molecular flexibility index (Phi) is 4.14. The van der Waals surface area contributed by atoms with E-state index in [1.165, 1.54) is 0 Å². The third-order valence-corrected chi connectivity index (χ3v) is 4.25. The number of hydrogen-bond acceptors (Lipinski definition) is 3. The summed E-state index contributed by atoms with van der Waals surface area (Å²) in [5.74, 6) is -1.40. The van der Waals surface area contributed by atoms with E-state index in [2.05, 4.69) is 5.10 Å². The Hall–Kier alpha value is -2.63. The van der Waals surface area contributed by atoms with Gasteiger partial charge < -0.3 is 10.0 Å². The van der Waals surface area contributed by atoms with Crippen LogP contribution in [0.15, 0.2) is 36.5 Å². The van der Waals surface area contributed by atoms with Crippen LogP contribution in [-0.4, -0.2) is 44.8 Å². The van der Waals surface area contributed by atoms with E-state index in [4.69, 9.17) is 5.11 Å². The minimum absolute atomic E-state index is 0.111. The molecule has 6 heteroatoms. The van der Waals surface area contributed by atoms with Gasteiger partial charge in [-0.1, -0.05) is 0 Å². The molecule has 0 saturated carbocycles. The quantitative estimate of drug-likeness (QED) is 0.942. The Morgan fingerprint density at radius 3 is 2.57 bits per heavy atom. The molecule has 1 amide bonds. The zero-order valence-corrected chi connectivity index (χ0v) is 13.0. The zero-order chi connectivity index (χ0) is 16.4. The predicted molar refractivity (Wildman–Crippen MR) is 84.6 cm³/mol. The SMILES string of the molecule is Cc1ccnn1-c1ccc(C(=O)N2CCC[C@H](C(=O)O)C2)cc1. The number of piperidine rings is 1. The molecule has 1 aliphatic heterocycles. The van der Waals surface area contributed by atoms with Crippen LogP contribution >= 0.6 is 0 Å². The molecule has 0 spiro atoms. The highest BCUT2D eigenvalue weighted by atomic mass is 16.4. The molecule has 0 bridgehead atoms.